The van der Waals surface area contributed by atoms with Gasteiger partial charge in [0.05, 0.1) is 19.0 Å². The van der Waals surface area contributed by atoms with E-state index in [-0.39, 0.29) is 42.5 Å². The summed E-state index contributed by atoms with van der Waals surface area (Å²) in [4.78, 5) is 35.3. The number of hydrogen-bond acceptors (Lipinski definition) is 11. The van der Waals surface area contributed by atoms with Crippen LogP contribution in [0.15, 0.2) is 71.8 Å². The Morgan fingerprint density at radius 2 is 1.95 bits per heavy atom. The van der Waals surface area contributed by atoms with Crippen molar-refractivity contribution in [2.24, 2.45) is 0 Å². The zero-order valence-electron chi connectivity index (χ0n) is 22.0. The first-order valence-electron chi connectivity index (χ1n) is 12.7. The number of aromatic amines is 1. The van der Waals surface area contributed by atoms with Crippen molar-refractivity contribution in [2.45, 2.75) is 44.4 Å². The third kappa shape index (κ3) is 6.81. The lowest BCUT2D eigenvalue weighted by molar-refractivity contribution is -0.146. The standard InChI is InChI=1S/C26H29N6O8P/c1-16(25(35)37-13-17-8-4-2-5-9-17)31-41(36,40-18-10-6-3-7-11-18)38-14-20-19(33)12-21(39-20)32-15-28-22-23(32)29-26(27)30-24(22)34/h2-11,15-16,19-21,33H,12-14H2,1H3,(H,31,36)(H3,27,29,30,34)/t16-,19+,20?,21+,41?/m0/s1. The Labute approximate surface area is 234 Å². The highest BCUT2D eigenvalue weighted by Gasteiger charge is 2.40. The van der Waals surface area contributed by atoms with Crippen LogP contribution in [0.2, 0.25) is 0 Å². The molecule has 1 aliphatic rings. The number of aromatic nitrogens is 4. The molecule has 0 saturated carbocycles. The van der Waals surface area contributed by atoms with Gasteiger partial charge in [-0.3, -0.25) is 23.7 Å². The van der Waals surface area contributed by atoms with Crippen LogP contribution in [0, 0.1) is 0 Å². The number of rotatable bonds is 11. The maximum atomic E-state index is 13.8. The Balaban J connectivity index is 1.26. The van der Waals surface area contributed by atoms with Gasteiger partial charge in [-0.05, 0) is 24.6 Å². The number of para-hydroxylation sites is 1. The Morgan fingerprint density at radius 1 is 1.24 bits per heavy atom. The average molecular weight is 585 g/mol. The summed E-state index contributed by atoms with van der Waals surface area (Å²) in [6.07, 6.45) is -1.26. The van der Waals surface area contributed by atoms with Crippen LogP contribution in [0.3, 0.4) is 0 Å². The van der Waals surface area contributed by atoms with E-state index in [4.69, 9.17) is 24.3 Å². The molecule has 2 unspecified atom stereocenters. The van der Waals surface area contributed by atoms with Gasteiger partial charge in [-0.2, -0.15) is 10.1 Å². The van der Waals surface area contributed by atoms with E-state index in [1.54, 1.807) is 30.3 Å². The zero-order valence-corrected chi connectivity index (χ0v) is 22.8. The molecule has 0 amide bonds. The fourth-order valence-electron chi connectivity index (χ4n) is 4.21. The lowest BCUT2D eigenvalue weighted by Gasteiger charge is -2.24. The molecule has 1 saturated heterocycles. The highest BCUT2D eigenvalue weighted by atomic mass is 31.2. The Hall–Kier alpha value is -4.07. The number of imidazole rings is 1. The van der Waals surface area contributed by atoms with Gasteiger partial charge < -0.3 is 24.8 Å². The highest BCUT2D eigenvalue weighted by Crippen LogP contribution is 2.46. The lowest BCUT2D eigenvalue weighted by atomic mass is 10.2. The van der Waals surface area contributed by atoms with Crippen LogP contribution < -0.4 is 20.9 Å². The van der Waals surface area contributed by atoms with Gasteiger partial charge in [0.1, 0.15) is 30.7 Å². The molecule has 5 rings (SSSR count). The van der Waals surface area contributed by atoms with Crippen LogP contribution in [0.1, 0.15) is 25.1 Å². The summed E-state index contributed by atoms with van der Waals surface area (Å²) in [5.74, 6) is -0.526. The molecule has 1 fully saturated rings. The number of ether oxygens (including phenoxy) is 2. The molecule has 14 nitrogen and oxygen atoms in total. The third-order valence-electron chi connectivity index (χ3n) is 6.27. The molecule has 3 heterocycles. The van der Waals surface area contributed by atoms with Crippen LogP contribution >= 0.6 is 7.75 Å². The van der Waals surface area contributed by atoms with E-state index in [0.29, 0.717) is 0 Å². The van der Waals surface area contributed by atoms with Gasteiger partial charge in [-0.1, -0.05) is 48.5 Å². The van der Waals surface area contributed by atoms with Gasteiger partial charge in [0, 0.05) is 6.42 Å². The second kappa shape index (κ2) is 12.2. The van der Waals surface area contributed by atoms with Crippen molar-refractivity contribution in [3.8, 4) is 5.75 Å². The van der Waals surface area contributed by atoms with Crippen LogP contribution in [0.25, 0.3) is 11.2 Å². The Kier molecular flexibility index (Phi) is 8.47. The van der Waals surface area contributed by atoms with Crippen LogP contribution in [0.4, 0.5) is 5.95 Å². The molecule has 2 aromatic heterocycles. The number of hydrogen-bond donors (Lipinski definition) is 4. The van der Waals surface area contributed by atoms with Crippen LogP contribution in [-0.2, 0) is 30.0 Å². The molecule has 0 aliphatic carbocycles. The minimum Gasteiger partial charge on any atom is -0.460 e. The summed E-state index contributed by atoms with van der Waals surface area (Å²) in [6.45, 7) is 1.15. The number of aliphatic hydroxyl groups is 1. The smallest absolute Gasteiger partial charge is 0.459 e. The first-order chi connectivity index (χ1) is 19.7. The SMILES string of the molecule is C[C@H](NP(=O)(OCC1O[C@@H](n2cnc3c(=O)[nH]c(N)nc32)C[C@H]1O)Oc1ccccc1)C(=O)OCc1ccccc1. The first-order valence-corrected chi connectivity index (χ1v) is 14.3. The molecule has 2 aromatic carbocycles. The predicted octanol–water partition coefficient (Wildman–Crippen LogP) is 2.28. The molecule has 15 heteroatoms. The number of nitrogens with one attached hydrogen (secondary N) is 2. The molecule has 5 atom stereocenters. The van der Waals surface area contributed by atoms with Crippen molar-refractivity contribution >= 4 is 30.8 Å². The van der Waals surface area contributed by atoms with E-state index in [9.17, 15) is 19.3 Å². The molecular weight excluding hydrogens is 555 g/mol. The quantitative estimate of drug-likeness (QED) is 0.149. The summed E-state index contributed by atoms with van der Waals surface area (Å²) in [7, 11) is -4.19. The van der Waals surface area contributed by atoms with Gasteiger partial charge in [-0.25, -0.2) is 9.55 Å². The van der Waals surface area contributed by atoms with Gasteiger partial charge in [0.15, 0.2) is 11.2 Å². The highest BCUT2D eigenvalue weighted by molar-refractivity contribution is 7.52. The maximum absolute atomic E-state index is 13.8. The topological polar surface area (TPSA) is 193 Å². The number of nitrogen functional groups attached to an aromatic ring is 1. The number of esters is 1. The predicted molar refractivity (Wildman–Crippen MR) is 147 cm³/mol. The normalized spacial score (nSPS) is 20.9. The number of H-pyrrole nitrogens is 1. The fraction of sp³-hybridized carbons (Fsp3) is 0.308. The van der Waals surface area contributed by atoms with Crippen molar-refractivity contribution < 1.29 is 33.0 Å². The zero-order chi connectivity index (χ0) is 29.0. The first kappa shape index (κ1) is 28.5. The maximum Gasteiger partial charge on any atom is 0.459 e. The number of aliphatic hydroxyl groups excluding tert-OH is 1. The van der Waals surface area contributed by atoms with E-state index in [1.807, 2.05) is 30.3 Å². The van der Waals surface area contributed by atoms with Crippen molar-refractivity contribution in [1.29, 1.82) is 0 Å². The number of fused-ring (bicyclic) bond motifs is 1. The number of benzene rings is 2. The molecule has 41 heavy (non-hydrogen) atoms. The number of carbonyl (C=O) groups is 1. The van der Waals surface area contributed by atoms with E-state index in [0.717, 1.165) is 5.56 Å². The largest absolute Gasteiger partial charge is 0.460 e. The Morgan fingerprint density at radius 3 is 2.68 bits per heavy atom. The molecule has 0 bridgehead atoms. The average Bonchev–Trinajstić information content (AvgIpc) is 3.54. The van der Waals surface area contributed by atoms with Crippen molar-refractivity contribution in [3.05, 3.63) is 82.9 Å². The second-order valence-electron chi connectivity index (χ2n) is 9.35. The van der Waals surface area contributed by atoms with Crippen LogP contribution in [-0.4, -0.2) is 55.5 Å². The monoisotopic (exact) mass is 584 g/mol. The molecule has 4 aromatic rings. The minimum atomic E-state index is -4.19. The van der Waals surface area contributed by atoms with E-state index >= 15 is 0 Å². The second-order valence-corrected chi connectivity index (χ2v) is 11.0. The van der Waals surface area contributed by atoms with Gasteiger partial charge in [0.2, 0.25) is 5.95 Å². The van der Waals surface area contributed by atoms with Gasteiger partial charge in [-0.15, -0.1) is 0 Å². The fourth-order valence-corrected chi connectivity index (χ4v) is 5.72. The number of nitrogens with two attached hydrogens (primary N) is 1. The summed E-state index contributed by atoms with van der Waals surface area (Å²) >= 11 is 0. The molecule has 5 N–H and O–H groups in total. The molecule has 1 aliphatic heterocycles. The minimum absolute atomic E-state index is 0.0369. The van der Waals surface area contributed by atoms with Crippen LogP contribution in [0.5, 0.6) is 5.75 Å². The summed E-state index contributed by atoms with van der Waals surface area (Å²) in [5.41, 5.74) is 6.21. The van der Waals surface area contributed by atoms with Crippen molar-refractivity contribution in [3.63, 3.8) is 0 Å². The number of carbonyl (C=O) groups excluding carboxylic acids is 1. The molecule has 0 radical (unpaired) electrons. The molecular formula is C26H29N6O8P. The van der Waals surface area contributed by atoms with E-state index < -0.39 is 43.8 Å². The third-order valence-corrected chi connectivity index (χ3v) is 7.92. The van der Waals surface area contributed by atoms with Gasteiger partial charge >= 0.3 is 13.7 Å². The van der Waals surface area contributed by atoms with Gasteiger partial charge in [0.25, 0.3) is 5.56 Å². The van der Waals surface area contributed by atoms with Crippen molar-refractivity contribution in [2.75, 3.05) is 12.3 Å². The van der Waals surface area contributed by atoms with Crippen molar-refractivity contribution in [1.82, 2.24) is 24.6 Å². The molecule has 0 spiro atoms. The molecule has 216 valence electrons. The van der Waals surface area contributed by atoms with E-state index in [2.05, 4.69) is 20.0 Å². The number of anilines is 1. The summed E-state index contributed by atoms with van der Waals surface area (Å²) < 4.78 is 37.9. The Bertz CT molecular complexity index is 1600. The van der Waals surface area contributed by atoms with E-state index in [1.165, 1.54) is 17.8 Å². The summed E-state index contributed by atoms with van der Waals surface area (Å²) in [6, 6.07) is 16.4. The summed E-state index contributed by atoms with van der Waals surface area (Å²) in [5, 5.41) is 13.3. The lowest BCUT2D eigenvalue weighted by Crippen LogP contribution is -2.36. The number of nitrogens with zero attached hydrogens (tertiary/aromatic N) is 3.